The third kappa shape index (κ3) is 7.43. The monoisotopic (exact) mass is 895 g/mol. The number of fused-ring (bicyclic) bond motifs is 6. The first-order valence-electron chi connectivity index (χ1n) is 20.6. The number of benzene rings is 6. The molecule has 0 aliphatic carbocycles. The van der Waals surface area contributed by atoms with E-state index in [1.54, 1.807) is 18.2 Å². The average Bonchev–Trinajstić information content (AvgIpc) is 3.54. The van der Waals surface area contributed by atoms with Gasteiger partial charge in [0.05, 0.1) is 15.2 Å². The SMILES string of the molecule is Cc1ccc2c3c(cc(C)c2c1)[N+](c1cccc(S(=O)(=O)O)c1)=C(CCCCCC1N(c2cccc(S(=O)(=O)O)c2)c2cc(C)c4cc(S(=O)(=O)O)ccc4c2C1(C)C)C3(C)C. The van der Waals surface area contributed by atoms with Crippen LogP contribution in [0.25, 0.3) is 21.5 Å². The van der Waals surface area contributed by atoms with Gasteiger partial charge in [0.1, 0.15) is 4.90 Å². The van der Waals surface area contributed by atoms with Gasteiger partial charge in [-0.1, -0.05) is 68.7 Å². The summed E-state index contributed by atoms with van der Waals surface area (Å²) in [5.74, 6) is 0. The third-order valence-corrected chi connectivity index (χ3v) is 15.7. The average molecular weight is 896 g/mol. The Balaban J connectivity index is 1.15. The Morgan fingerprint density at radius 2 is 1.18 bits per heavy atom. The van der Waals surface area contributed by atoms with Gasteiger partial charge in [-0.05, 0) is 128 Å². The van der Waals surface area contributed by atoms with Crippen molar-refractivity contribution in [3.63, 3.8) is 0 Å². The van der Waals surface area contributed by atoms with Crippen molar-refractivity contribution < 1.29 is 38.9 Å². The highest BCUT2D eigenvalue weighted by atomic mass is 32.2. The van der Waals surface area contributed by atoms with Gasteiger partial charge in [-0.15, -0.1) is 0 Å². The Kier molecular flexibility index (Phi) is 10.6. The second-order valence-electron chi connectivity index (χ2n) is 18.0. The molecule has 0 saturated carbocycles. The predicted octanol–water partition coefficient (Wildman–Crippen LogP) is 10.7. The summed E-state index contributed by atoms with van der Waals surface area (Å²) in [5.41, 5.74) is 8.34. The molecule has 1 atom stereocenters. The molecule has 11 nitrogen and oxygen atoms in total. The first-order chi connectivity index (χ1) is 28.9. The Labute approximate surface area is 364 Å². The van der Waals surface area contributed by atoms with Crippen LogP contribution in [0.2, 0.25) is 0 Å². The van der Waals surface area contributed by atoms with Crippen LogP contribution in [0.1, 0.15) is 87.6 Å². The van der Waals surface area contributed by atoms with E-state index in [-0.39, 0.29) is 20.7 Å². The predicted molar refractivity (Wildman–Crippen MR) is 246 cm³/mol. The summed E-state index contributed by atoms with van der Waals surface area (Å²) in [6.45, 7) is 14.7. The smallest absolute Gasteiger partial charge is 0.294 e. The molecule has 2 aliphatic rings. The molecule has 8 rings (SSSR count). The van der Waals surface area contributed by atoms with Crippen LogP contribution in [0, 0.1) is 20.8 Å². The summed E-state index contributed by atoms with van der Waals surface area (Å²) < 4.78 is 106. The Morgan fingerprint density at radius 3 is 1.85 bits per heavy atom. The first-order valence-corrected chi connectivity index (χ1v) is 24.9. The van der Waals surface area contributed by atoms with Crippen molar-refractivity contribution in [2.24, 2.45) is 0 Å². The minimum absolute atomic E-state index is 0.178. The topological polar surface area (TPSA) is 169 Å². The standard InChI is InChI=1S/C48H50N2O9S3/c1-29-19-21-37-39(23-29)30(2)24-41-45(37)47(4,5)43(49(41)32-13-11-15-34(26-32)60(51,52)53)17-9-8-10-18-44-48(6,7)46-38-22-20-36(62(57,58)59)28-40(38)31(3)25-42(46)50(44)33-14-12-16-35(27-33)61(54,55)56/h11-16,19-28,44H,8-10,17-18H2,1-7H3,(H2-,51,52,53,54,55,56,57,58,59)/p+1. The molecule has 0 fully saturated rings. The maximum Gasteiger partial charge on any atom is 0.294 e. The van der Waals surface area contributed by atoms with Gasteiger partial charge in [0, 0.05) is 53.0 Å². The molecular weight excluding hydrogens is 845 g/mol. The van der Waals surface area contributed by atoms with Gasteiger partial charge in [0.25, 0.3) is 30.4 Å². The fraction of sp³-hybridized carbons (Fsp3) is 0.312. The van der Waals surface area contributed by atoms with Gasteiger partial charge >= 0.3 is 0 Å². The maximum atomic E-state index is 12.4. The molecule has 1 unspecified atom stereocenters. The largest absolute Gasteiger partial charge is 0.337 e. The lowest BCUT2D eigenvalue weighted by Gasteiger charge is -2.35. The quantitative estimate of drug-likeness (QED) is 0.0646. The third-order valence-electron chi connectivity index (χ3n) is 13.1. The minimum Gasteiger partial charge on any atom is -0.337 e. The van der Waals surface area contributed by atoms with Crippen molar-refractivity contribution in [3.05, 3.63) is 125 Å². The number of hydrogen-bond acceptors (Lipinski definition) is 7. The summed E-state index contributed by atoms with van der Waals surface area (Å²) in [6, 6.07) is 27.8. The number of hydrogen-bond donors (Lipinski definition) is 3. The van der Waals surface area contributed by atoms with Gasteiger partial charge < -0.3 is 4.90 Å². The van der Waals surface area contributed by atoms with Crippen LogP contribution in [-0.2, 0) is 41.2 Å². The van der Waals surface area contributed by atoms with E-state index in [0.717, 1.165) is 74.9 Å². The number of unbranched alkanes of at least 4 members (excludes halogenated alkanes) is 2. The van der Waals surface area contributed by atoms with Crippen molar-refractivity contribution in [3.8, 4) is 0 Å². The Bertz CT molecular complexity index is 3250. The highest BCUT2D eigenvalue weighted by molar-refractivity contribution is 7.86. The molecule has 0 saturated heterocycles. The second-order valence-corrected chi connectivity index (χ2v) is 22.2. The molecular formula is C48H51N2O9S3+. The molecule has 0 bridgehead atoms. The van der Waals surface area contributed by atoms with E-state index >= 15 is 0 Å². The van der Waals surface area contributed by atoms with Crippen LogP contribution in [0.4, 0.5) is 22.7 Å². The van der Waals surface area contributed by atoms with Crippen LogP contribution >= 0.6 is 0 Å². The van der Waals surface area contributed by atoms with Crippen LogP contribution < -0.4 is 9.48 Å². The van der Waals surface area contributed by atoms with Crippen molar-refractivity contribution in [2.75, 3.05) is 4.90 Å². The van der Waals surface area contributed by atoms with Crippen LogP contribution in [-0.4, -0.2) is 50.7 Å². The van der Waals surface area contributed by atoms with Gasteiger partial charge in [-0.3, -0.25) is 13.7 Å². The minimum atomic E-state index is -4.51. The molecule has 6 aromatic rings. The fourth-order valence-electron chi connectivity index (χ4n) is 10.3. The second kappa shape index (κ2) is 15.1. The molecule has 6 aromatic carbocycles. The molecule has 2 aliphatic heterocycles. The van der Waals surface area contributed by atoms with Crippen LogP contribution in [0.3, 0.4) is 0 Å². The zero-order valence-electron chi connectivity index (χ0n) is 35.8. The lowest BCUT2D eigenvalue weighted by Crippen LogP contribution is -2.39. The lowest BCUT2D eigenvalue weighted by molar-refractivity contribution is 0.400. The molecule has 0 radical (unpaired) electrons. The number of rotatable bonds is 11. The first kappa shape index (κ1) is 43.7. The number of aryl methyl sites for hydroxylation is 3. The van der Waals surface area contributed by atoms with Gasteiger partial charge in [-0.25, -0.2) is 0 Å². The lowest BCUT2D eigenvalue weighted by atomic mass is 9.76. The van der Waals surface area contributed by atoms with E-state index < -0.39 is 41.2 Å². The van der Waals surface area contributed by atoms with E-state index in [0.29, 0.717) is 29.6 Å². The van der Waals surface area contributed by atoms with Crippen LogP contribution in [0.15, 0.2) is 112 Å². The molecule has 14 heteroatoms. The molecule has 0 spiro atoms. The van der Waals surface area contributed by atoms with Crippen molar-refractivity contribution in [1.82, 2.24) is 4.58 Å². The van der Waals surface area contributed by atoms with E-state index in [1.807, 2.05) is 25.1 Å². The Hall–Kier alpha value is -4.96. The molecule has 0 amide bonds. The van der Waals surface area contributed by atoms with E-state index in [1.165, 1.54) is 41.8 Å². The normalized spacial score (nSPS) is 17.3. The molecule has 2 heterocycles. The molecule has 3 N–H and O–H groups in total. The number of nitrogens with zero attached hydrogens (tertiary/aromatic N) is 2. The highest BCUT2D eigenvalue weighted by Crippen LogP contribution is 2.54. The summed E-state index contributed by atoms with van der Waals surface area (Å²) >= 11 is 0. The Morgan fingerprint density at radius 1 is 0.597 bits per heavy atom. The van der Waals surface area contributed by atoms with Gasteiger partial charge in [-0.2, -0.15) is 29.8 Å². The van der Waals surface area contributed by atoms with E-state index in [9.17, 15) is 38.9 Å². The maximum absolute atomic E-state index is 12.4. The zero-order valence-corrected chi connectivity index (χ0v) is 38.2. The summed E-state index contributed by atoms with van der Waals surface area (Å²) in [7, 11) is -13.4. The van der Waals surface area contributed by atoms with Crippen molar-refractivity contribution in [1.29, 1.82) is 0 Å². The van der Waals surface area contributed by atoms with Crippen molar-refractivity contribution >= 4 is 80.4 Å². The van der Waals surface area contributed by atoms with Crippen LogP contribution in [0.5, 0.6) is 0 Å². The fourth-order valence-corrected chi connectivity index (χ4v) is 11.8. The van der Waals surface area contributed by atoms with Gasteiger partial charge in [0.2, 0.25) is 11.4 Å². The zero-order chi connectivity index (χ0) is 44.9. The molecule has 324 valence electrons. The summed E-state index contributed by atoms with van der Waals surface area (Å²) in [6.07, 6.45) is 3.81. The van der Waals surface area contributed by atoms with E-state index in [2.05, 4.69) is 75.3 Å². The van der Waals surface area contributed by atoms with Crippen molar-refractivity contribution in [2.45, 2.75) is 112 Å². The highest BCUT2D eigenvalue weighted by Gasteiger charge is 2.49. The summed E-state index contributed by atoms with van der Waals surface area (Å²) in [5, 5.41) is 3.81. The molecule has 0 aromatic heterocycles. The van der Waals surface area contributed by atoms with Gasteiger partial charge in [0.15, 0.2) is 5.71 Å². The van der Waals surface area contributed by atoms with E-state index in [4.69, 9.17) is 0 Å². The molecule has 62 heavy (non-hydrogen) atoms. The number of anilines is 2. The summed E-state index contributed by atoms with van der Waals surface area (Å²) in [4.78, 5) is 1.53.